The van der Waals surface area contributed by atoms with Crippen LogP contribution in [0.2, 0.25) is 0 Å². The standard InChI is InChI=1S/C7H3BrFNOS/c8-3-1-4(9)6-5(2-3)11-7(12)10-6/h1-2H,(H,10,12). The number of benzene rings is 1. The van der Waals surface area contributed by atoms with Crippen molar-refractivity contribution >= 4 is 39.7 Å². The minimum absolute atomic E-state index is 0.169. The molecule has 0 bridgehead atoms. The number of halogens is 2. The predicted molar refractivity (Wildman–Crippen MR) is 48.9 cm³/mol. The van der Waals surface area contributed by atoms with Crippen molar-refractivity contribution in [3.63, 3.8) is 0 Å². The highest BCUT2D eigenvalue weighted by Gasteiger charge is 2.08. The van der Waals surface area contributed by atoms with Gasteiger partial charge in [0.25, 0.3) is 5.22 Å². The van der Waals surface area contributed by atoms with Gasteiger partial charge in [0.15, 0.2) is 11.4 Å². The van der Waals surface area contributed by atoms with Gasteiger partial charge in [-0.2, -0.15) is 0 Å². The van der Waals surface area contributed by atoms with Crippen molar-refractivity contribution in [2.24, 2.45) is 0 Å². The topological polar surface area (TPSA) is 26.0 Å². The van der Waals surface area contributed by atoms with Crippen LogP contribution >= 0.6 is 28.6 Å². The van der Waals surface area contributed by atoms with E-state index in [9.17, 15) is 4.39 Å². The first-order valence-electron chi connectivity index (χ1n) is 3.11. The van der Waals surface area contributed by atoms with Gasteiger partial charge in [-0.15, -0.1) is 0 Å². The molecule has 2 rings (SSSR count). The molecule has 2 aromatic rings. The second-order valence-corrected chi connectivity index (χ2v) is 3.53. The molecule has 0 radical (unpaired) electrons. The van der Waals surface area contributed by atoms with Crippen LogP contribution in [0.15, 0.2) is 26.2 Å². The van der Waals surface area contributed by atoms with E-state index in [1.165, 1.54) is 6.07 Å². The highest BCUT2D eigenvalue weighted by molar-refractivity contribution is 9.10. The quantitative estimate of drug-likeness (QED) is 0.725. The van der Waals surface area contributed by atoms with Gasteiger partial charge >= 0.3 is 0 Å². The molecule has 1 aromatic heterocycles. The molecular weight excluding hydrogens is 245 g/mol. The fourth-order valence-electron chi connectivity index (χ4n) is 0.945. The molecule has 0 atom stereocenters. The Morgan fingerprint density at radius 1 is 1.50 bits per heavy atom. The summed E-state index contributed by atoms with van der Waals surface area (Å²) in [4.78, 5) is 3.76. The second-order valence-electron chi connectivity index (χ2n) is 2.23. The maximum Gasteiger partial charge on any atom is 0.253 e. The summed E-state index contributed by atoms with van der Waals surface area (Å²) in [6.07, 6.45) is 0. The van der Waals surface area contributed by atoms with Gasteiger partial charge in [-0.05, 0) is 12.1 Å². The predicted octanol–water partition coefficient (Wildman–Crippen LogP) is 3.02. The lowest BCUT2D eigenvalue weighted by Crippen LogP contribution is -1.77. The first kappa shape index (κ1) is 8.07. The zero-order chi connectivity index (χ0) is 8.72. The third kappa shape index (κ3) is 1.23. The van der Waals surface area contributed by atoms with Crippen LogP contribution in [-0.4, -0.2) is 4.98 Å². The Labute approximate surface area is 81.3 Å². The molecule has 12 heavy (non-hydrogen) atoms. The van der Waals surface area contributed by atoms with Crippen LogP contribution < -0.4 is 0 Å². The molecule has 5 heteroatoms. The third-order valence-electron chi connectivity index (χ3n) is 1.40. The summed E-state index contributed by atoms with van der Waals surface area (Å²) >= 11 is 7.00. The summed E-state index contributed by atoms with van der Waals surface area (Å²) in [6, 6.07) is 2.98. The first-order valence-corrected chi connectivity index (χ1v) is 4.35. The lowest BCUT2D eigenvalue weighted by atomic mass is 10.3. The molecule has 0 aliphatic heterocycles. The van der Waals surface area contributed by atoms with Crippen molar-refractivity contribution in [3.05, 3.63) is 22.4 Å². The summed E-state index contributed by atoms with van der Waals surface area (Å²) in [5.74, 6) is -0.413. The largest absolute Gasteiger partial charge is 0.431 e. The lowest BCUT2D eigenvalue weighted by molar-refractivity contribution is 0.492. The Balaban J connectivity index is 2.88. The molecule has 0 amide bonds. The molecule has 62 valence electrons. The second kappa shape index (κ2) is 2.74. The first-order chi connectivity index (χ1) is 5.66. The molecule has 0 aliphatic carbocycles. The van der Waals surface area contributed by atoms with Crippen LogP contribution in [0.4, 0.5) is 4.39 Å². The molecule has 2 nitrogen and oxygen atoms in total. The molecule has 0 spiro atoms. The number of fused-ring (bicyclic) bond motifs is 1. The summed E-state index contributed by atoms with van der Waals surface area (Å²) in [7, 11) is 0. The van der Waals surface area contributed by atoms with Gasteiger partial charge in [-0.25, -0.2) is 9.37 Å². The summed E-state index contributed by atoms with van der Waals surface area (Å²) in [5, 5.41) is 0.169. The maximum absolute atomic E-state index is 13.1. The number of nitrogens with zero attached hydrogens (tertiary/aromatic N) is 1. The molecule has 1 heterocycles. The van der Waals surface area contributed by atoms with Gasteiger partial charge in [-0.1, -0.05) is 28.6 Å². The van der Waals surface area contributed by atoms with Crippen LogP contribution in [0.3, 0.4) is 0 Å². The number of aromatic nitrogens is 1. The van der Waals surface area contributed by atoms with Crippen molar-refractivity contribution in [1.29, 1.82) is 0 Å². The number of hydrogen-bond acceptors (Lipinski definition) is 3. The monoisotopic (exact) mass is 247 g/mol. The van der Waals surface area contributed by atoms with Gasteiger partial charge in [0.05, 0.1) is 0 Å². The number of oxazole rings is 1. The van der Waals surface area contributed by atoms with Crippen molar-refractivity contribution in [1.82, 2.24) is 4.98 Å². The van der Waals surface area contributed by atoms with Crippen molar-refractivity contribution < 1.29 is 8.81 Å². The Kier molecular flexibility index (Phi) is 1.84. The van der Waals surface area contributed by atoms with Gasteiger partial charge < -0.3 is 4.42 Å². The van der Waals surface area contributed by atoms with Gasteiger partial charge in [0.2, 0.25) is 0 Å². The molecule has 0 fully saturated rings. The molecule has 0 aliphatic rings. The van der Waals surface area contributed by atoms with E-state index in [0.717, 1.165) is 0 Å². The summed E-state index contributed by atoms with van der Waals surface area (Å²) < 4.78 is 18.7. The Bertz CT molecular complexity index is 442. The van der Waals surface area contributed by atoms with Crippen molar-refractivity contribution in [2.75, 3.05) is 0 Å². The normalized spacial score (nSPS) is 10.9. The van der Waals surface area contributed by atoms with Crippen molar-refractivity contribution in [2.45, 2.75) is 5.22 Å². The van der Waals surface area contributed by atoms with Crippen LogP contribution in [0, 0.1) is 5.82 Å². The van der Waals surface area contributed by atoms with E-state index in [1.807, 2.05) is 0 Å². The minimum Gasteiger partial charge on any atom is -0.431 e. The van der Waals surface area contributed by atoms with Crippen LogP contribution in [0.5, 0.6) is 0 Å². The number of rotatable bonds is 0. The Hall–Kier alpha value is -0.550. The molecule has 1 aromatic carbocycles. The molecule has 0 unspecified atom stereocenters. The highest BCUT2D eigenvalue weighted by atomic mass is 79.9. The Morgan fingerprint density at radius 3 is 3.00 bits per heavy atom. The smallest absolute Gasteiger partial charge is 0.253 e. The van der Waals surface area contributed by atoms with Crippen molar-refractivity contribution in [3.8, 4) is 0 Å². The maximum atomic E-state index is 13.1. The van der Waals surface area contributed by atoms with Crippen LogP contribution in [-0.2, 0) is 0 Å². The Morgan fingerprint density at radius 2 is 2.25 bits per heavy atom. The molecule has 0 saturated carbocycles. The van der Waals surface area contributed by atoms with E-state index in [1.54, 1.807) is 6.07 Å². The fourth-order valence-corrected chi connectivity index (χ4v) is 1.55. The van der Waals surface area contributed by atoms with Crippen LogP contribution in [0.25, 0.3) is 11.1 Å². The third-order valence-corrected chi connectivity index (χ3v) is 2.05. The van der Waals surface area contributed by atoms with E-state index in [0.29, 0.717) is 10.1 Å². The average molecular weight is 248 g/mol. The van der Waals surface area contributed by atoms with E-state index in [-0.39, 0.29) is 10.7 Å². The van der Waals surface area contributed by atoms with Gasteiger partial charge in [0, 0.05) is 4.47 Å². The van der Waals surface area contributed by atoms with E-state index in [2.05, 4.69) is 33.5 Å². The molecular formula is C7H3BrFNOS. The highest BCUT2D eigenvalue weighted by Crippen LogP contribution is 2.24. The summed E-state index contributed by atoms with van der Waals surface area (Å²) in [5.41, 5.74) is 0.607. The van der Waals surface area contributed by atoms with Gasteiger partial charge in [0.1, 0.15) is 5.52 Å². The average Bonchev–Trinajstić information content (AvgIpc) is 2.29. The lowest BCUT2D eigenvalue weighted by Gasteiger charge is -1.90. The zero-order valence-corrected chi connectivity index (χ0v) is 8.19. The zero-order valence-electron chi connectivity index (χ0n) is 5.71. The van der Waals surface area contributed by atoms with E-state index >= 15 is 0 Å². The van der Waals surface area contributed by atoms with Gasteiger partial charge in [-0.3, -0.25) is 0 Å². The van der Waals surface area contributed by atoms with Crippen LogP contribution in [0.1, 0.15) is 0 Å². The molecule has 0 saturated heterocycles. The number of hydrogen-bond donors (Lipinski definition) is 1. The molecule has 0 N–H and O–H groups in total. The minimum atomic E-state index is -0.413. The summed E-state index contributed by atoms with van der Waals surface area (Å²) in [6.45, 7) is 0. The SMILES string of the molecule is Fc1cc(Br)cc2oc(S)nc12. The number of thiol groups is 1. The van der Waals surface area contributed by atoms with E-state index in [4.69, 9.17) is 4.42 Å². The van der Waals surface area contributed by atoms with E-state index < -0.39 is 5.82 Å². The fraction of sp³-hybridized carbons (Fsp3) is 0.